The van der Waals surface area contributed by atoms with E-state index in [0.717, 1.165) is 25.7 Å². The quantitative estimate of drug-likeness (QED) is 0.372. The predicted octanol–water partition coefficient (Wildman–Crippen LogP) is 3.65. The first-order valence-corrected chi connectivity index (χ1v) is 7.13. The number of carbonyl (C=O) groups excluding carboxylic acids is 1. The predicted molar refractivity (Wildman–Crippen MR) is 76.5 cm³/mol. The molecule has 19 heavy (non-hydrogen) atoms. The maximum Gasteiger partial charge on any atom is 0.336 e. The third kappa shape index (κ3) is 7.62. The zero-order chi connectivity index (χ0) is 13.9. The summed E-state index contributed by atoms with van der Waals surface area (Å²) in [5.74, 6) is 0.0971. The van der Waals surface area contributed by atoms with Crippen molar-refractivity contribution in [3.05, 3.63) is 36.6 Å². The van der Waals surface area contributed by atoms with Gasteiger partial charge >= 0.3 is 5.97 Å². The first-order chi connectivity index (χ1) is 9.22. The second-order valence-corrected chi connectivity index (χ2v) is 4.88. The Kier molecular flexibility index (Phi) is 7.91. The van der Waals surface area contributed by atoms with Crippen LogP contribution in [0.5, 0.6) is 0 Å². The topological polar surface area (TPSA) is 46.5 Å². The minimum absolute atomic E-state index is 0.363. The maximum atomic E-state index is 10.8. The third-order valence-corrected chi connectivity index (χ3v) is 3.12. The number of rotatable bonds is 10. The molecule has 0 aromatic carbocycles. The summed E-state index contributed by atoms with van der Waals surface area (Å²) in [5.41, 5.74) is 0. The first-order valence-electron chi connectivity index (χ1n) is 7.13. The molecule has 0 aromatic heterocycles. The number of carbonyl (C=O) groups is 1. The van der Waals surface area contributed by atoms with Crippen LogP contribution >= 0.6 is 0 Å². The summed E-state index contributed by atoms with van der Waals surface area (Å²) in [6.07, 6.45) is 14.9. The maximum absolute atomic E-state index is 10.8. The fourth-order valence-corrected chi connectivity index (χ4v) is 2.05. The van der Waals surface area contributed by atoms with Crippen LogP contribution in [0.15, 0.2) is 36.6 Å². The molecule has 106 valence electrons. The zero-order valence-corrected chi connectivity index (χ0v) is 11.5. The number of aliphatic hydroxyl groups is 1. The molecule has 0 aliphatic carbocycles. The van der Waals surface area contributed by atoms with Gasteiger partial charge in [0.1, 0.15) is 5.76 Å². The van der Waals surface area contributed by atoms with Crippen molar-refractivity contribution in [3.63, 3.8) is 0 Å². The highest BCUT2D eigenvalue weighted by atomic mass is 16.5. The molecule has 0 saturated heterocycles. The molecule has 0 bridgehead atoms. The molecule has 1 N–H and O–H groups in total. The van der Waals surface area contributed by atoms with Gasteiger partial charge in [0.15, 0.2) is 0 Å². The summed E-state index contributed by atoms with van der Waals surface area (Å²) in [6.45, 7) is 3.70. The molecule has 0 spiro atoms. The molecule has 1 rings (SSSR count). The number of hydrogen-bond donors (Lipinski definition) is 1. The van der Waals surface area contributed by atoms with Crippen molar-refractivity contribution in [1.29, 1.82) is 0 Å². The van der Waals surface area contributed by atoms with Gasteiger partial charge in [0, 0.05) is 6.08 Å². The fraction of sp³-hybridized carbons (Fsp3) is 0.562. The summed E-state index contributed by atoms with van der Waals surface area (Å²) in [7, 11) is 0. The average molecular weight is 264 g/mol. The van der Waals surface area contributed by atoms with E-state index in [1.807, 2.05) is 6.08 Å². The Morgan fingerprint density at radius 2 is 1.84 bits per heavy atom. The average Bonchev–Trinajstić information content (AvgIpc) is 2.78. The molecule has 0 unspecified atom stereocenters. The van der Waals surface area contributed by atoms with Crippen LogP contribution in [0.2, 0.25) is 0 Å². The van der Waals surface area contributed by atoms with Gasteiger partial charge in [0.25, 0.3) is 0 Å². The van der Waals surface area contributed by atoms with E-state index in [9.17, 15) is 9.90 Å². The summed E-state index contributed by atoms with van der Waals surface area (Å²) < 4.78 is 4.86. The smallest absolute Gasteiger partial charge is 0.336 e. The molecule has 1 heterocycles. The highest BCUT2D eigenvalue weighted by molar-refractivity contribution is 5.86. The van der Waals surface area contributed by atoms with Gasteiger partial charge in [0.05, 0.1) is 6.10 Å². The fourth-order valence-electron chi connectivity index (χ4n) is 2.05. The largest absolute Gasteiger partial charge is 0.424 e. The van der Waals surface area contributed by atoms with E-state index >= 15 is 0 Å². The molecule has 3 heteroatoms. The van der Waals surface area contributed by atoms with Crippen LogP contribution in [0.3, 0.4) is 0 Å². The monoisotopic (exact) mass is 264 g/mol. The van der Waals surface area contributed by atoms with E-state index < -0.39 is 6.10 Å². The zero-order valence-electron chi connectivity index (χ0n) is 11.5. The summed E-state index contributed by atoms with van der Waals surface area (Å²) in [4.78, 5) is 10.8. The summed E-state index contributed by atoms with van der Waals surface area (Å²) in [5, 5.41) is 9.76. The number of allylic oxidation sites excluding steroid dienone is 2. The number of aliphatic hydroxyl groups excluding tert-OH is 1. The Hall–Kier alpha value is -1.35. The number of cyclic esters (lactones) is 1. The van der Waals surface area contributed by atoms with Gasteiger partial charge in [-0.3, -0.25) is 0 Å². The molecular weight excluding hydrogens is 240 g/mol. The lowest BCUT2D eigenvalue weighted by atomic mass is 10.1. The van der Waals surface area contributed by atoms with Gasteiger partial charge in [-0.15, -0.1) is 6.58 Å². The van der Waals surface area contributed by atoms with Gasteiger partial charge in [0.2, 0.25) is 0 Å². The standard InChI is InChI=1S/C16H24O3/c1-2-3-4-5-6-7-8-9-10-14(17)13-15-11-12-16(18)19-15/h2,11-14,17H,1,3-10H2/b15-13+/t14-/m0/s1. The Morgan fingerprint density at radius 3 is 2.47 bits per heavy atom. The molecule has 0 fully saturated rings. The van der Waals surface area contributed by atoms with E-state index in [1.54, 1.807) is 12.2 Å². The molecule has 1 atom stereocenters. The van der Waals surface area contributed by atoms with Gasteiger partial charge in [-0.1, -0.05) is 38.2 Å². The van der Waals surface area contributed by atoms with Crippen molar-refractivity contribution in [3.8, 4) is 0 Å². The normalized spacial score (nSPS) is 17.7. The summed E-state index contributed by atoms with van der Waals surface area (Å²) >= 11 is 0. The van der Waals surface area contributed by atoms with Crippen LogP contribution < -0.4 is 0 Å². The van der Waals surface area contributed by atoms with Gasteiger partial charge in [-0.2, -0.15) is 0 Å². The van der Waals surface area contributed by atoms with E-state index in [1.165, 1.54) is 31.8 Å². The minimum atomic E-state index is -0.522. The van der Waals surface area contributed by atoms with Crippen molar-refractivity contribution in [2.45, 2.75) is 57.5 Å². The van der Waals surface area contributed by atoms with Crippen LogP contribution in [0.4, 0.5) is 0 Å². The van der Waals surface area contributed by atoms with E-state index in [-0.39, 0.29) is 5.97 Å². The van der Waals surface area contributed by atoms with Crippen LogP contribution in [-0.4, -0.2) is 17.2 Å². The molecule has 0 radical (unpaired) electrons. The lowest BCUT2D eigenvalue weighted by Gasteiger charge is -2.06. The molecule has 0 saturated carbocycles. The molecule has 0 amide bonds. The molecule has 1 aliphatic heterocycles. The summed E-state index contributed by atoms with van der Waals surface area (Å²) in [6, 6.07) is 0. The number of unbranched alkanes of at least 4 members (excludes halogenated alkanes) is 6. The van der Waals surface area contributed by atoms with Gasteiger partial charge < -0.3 is 9.84 Å². The molecular formula is C16H24O3. The van der Waals surface area contributed by atoms with Gasteiger partial charge in [-0.25, -0.2) is 4.79 Å². The van der Waals surface area contributed by atoms with Crippen LogP contribution in [0, 0.1) is 0 Å². The van der Waals surface area contributed by atoms with Crippen molar-refractivity contribution in [1.82, 2.24) is 0 Å². The lowest BCUT2D eigenvalue weighted by molar-refractivity contribution is -0.132. The van der Waals surface area contributed by atoms with Crippen molar-refractivity contribution < 1.29 is 14.6 Å². The van der Waals surface area contributed by atoms with E-state index in [2.05, 4.69) is 6.58 Å². The van der Waals surface area contributed by atoms with E-state index in [0.29, 0.717) is 5.76 Å². The molecule has 0 aromatic rings. The lowest BCUT2D eigenvalue weighted by Crippen LogP contribution is -2.04. The second-order valence-electron chi connectivity index (χ2n) is 4.88. The molecule has 1 aliphatic rings. The highest BCUT2D eigenvalue weighted by Crippen LogP contribution is 2.14. The Morgan fingerprint density at radius 1 is 1.16 bits per heavy atom. The van der Waals surface area contributed by atoms with Crippen LogP contribution in [-0.2, 0) is 9.53 Å². The molecule has 3 nitrogen and oxygen atoms in total. The number of ether oxygens (including phenoxy) is 1. The van der Waals surface area contributed by atoms with E-state index in [4.69, 9.17) is 4.74 Å². The van der Waals surface area contributed by atoms with Crippen molar-refractivity contribution in [2.75, 3.05) is 0 Å². The minimum Gasteiger partial charge on any atom is -0.424 e. The SMILES string of the molecule is C=CCCCCCCCC[C@H](O)/C=C1\C=CC(=O)O1. The Bertz CT molecular complexity index is 342. The van der Waals surface area contributed by atoms with Gasteiger partial charge in [-0.05, 0) is 31.4 Å². The number of esters is 1. The van der Waals surface area contributed by atoms with Crippen molar-refractivity contribution in [2.24, 2.45) is 0 Å². The third-order valence-electron chi connectivity index (χ3n) is 3.12. The van der Waals surface area contributed by atoms with Crippen molar-refractivity contribution >= 4 is 5.97 Å². The first kappa shape index (κ1) is 15.7. The Labute approximate surface area is 115 Å². The van der Waals surface area contributed by atoms with Crippen LogP contribution in [0.1, 0.15) is 51.4 Å². The van der Waals surface area contributed by atoms with Crippen LogP contribution in [0.25, 0.3) is 0 Å². The number of hydrogen-bond acceptors (Lipinski definition) is 3. The highest BCUT2D eigenvalue weighted by Gasteiger charge is 2.11. The Balaban J connectivity index is 1.99. The second kappa shape index (κ2) is 9.56.